The van der Waals surface area contributed by atoms with Crippen molar-refractivity contribution >= 4 is 11.6 Å². The Morgan fingerprint density at radius 2 is 1.50 bits per heavy atom. The Hall–Kier alpha value is -2.69. The molecule has 0 saturated carbocycles. The van der Waals surface area contributed by atoms with Crippen molar-refractivity contribution in [3.05, 3.63) is 53.1 Å². The first-order chi connectivity index (χ1) is 12.5. The summed E-state index contributed by atoms with van der Waals surface area (Å²) in [6, 6.07) is 11.8. The molecule has 0 atom stereocenters. The number of benzene rings is 2. The zero-order valence-electron chi connectivity index (χ0n) is 15.9. The summed E-state index contributed by atoms with van der Waals surface area (Å²) in [6.07, 6.45) is 0. The van der Waals surface area contributed by atoms with Crippen LogP contribution in [0.25, 0.3) is 0 Å². The van der Waals surface area contributed by atoms with E-state index in [0.29, 0.717) is 30.2 Å². The van der Waals surface area contributed by atoms with Crippen molar-refractivity contribution in [2.75, 3.05) is 45.3 Å². The molecule has 3 rings (SSSR count). The Bertz CT molecular complexity index is 774. The Balaban J connectivity index is 1.70. The van der Waals surface area contributed by atoms with Crippen LogP contribution in [-0.2, 0) is 0 Å². The molecule has 1 saturated heterocycles. The predicted octanol–water partition coefficient (Wildman–Crippen LogP) is 3.28. The predicted molar refractivity (Wildman–Crippen MR) is 104 cm³/mol. The molecule has 0 bridgehead atoms. The second-order valence-corrected chi connectivity index (χ2v) is 6.67. The highest BCUT2D eigenvalue weighted by molar-refractivity contribution is 5.95. The lowest BCUT2D eigenvalue weighted by Crippen LogP contribution is -2.49. The Morgan fingerprint density at radius 1 is 0.885 bits per heavy atom. The molecule has 0 unspecified atom stereocenters. The zero-order valence-corrected chi connectivity index (χ0v) is 15.9. The molecule has 2 aromatic carbocycles. The summed E-state index contributed by atoms with van der Waals surface area (Å²) in [5.74, 6) is 1.27. The van der Waals surface area contributed by atoms with Crippen LogP contribution in [-0.4, -0.2) is 51.2 Å². The minimum atomic E-state index is 0.0162. The monoisotopic (exact) mass is 354 g/mol. The van der Waals surface area contributed by atoms with Crippen LogP contribution in [0, 0.1) is 13.8 Å². The average molecular weight is 354 g/mol. The van der Waals surface area contributed by atoms with Crippen LogP contribution in [0.3, 0.4) is 0 Å². The number of methoxy groups -OCH3 is 2. The van der Waals surface area contributed by atoms with Gasteiger partial charge in [0.05, 0.1) is 14.2 Å². The minimum Gasteiger partial charge on any atom is -0.497 e. The van der Waals surface area contributed by atoms with Gasteiger partial charge in [-0.05, 0) is 37.6 Å². The quantitative estimate of drug-likeness (QED) is 0.845. The van der Waals surface area contributed by atoms with Gasteiger partial charge in [0.1, 0.15) is 11.5 Å². The van der Waals surface area contributed by atoms with Crippen LogP contribution < -0.4 is 14.4 Å². The molecule has 0 spiro atoms. The van der Waals surface area contributed by atoms with Crippen molar-refractivity contribution < 1.29 is 14.3 Å². The summed E-state index contributed by atoms with van der Waals surface area (Å²) in [5, 5.41) is 0. The number of carbonyl (C=O) groups excluding carboxylic acids is 1. The largest absolute Gasteiger partial charge is 0.497 e. The molecule has 0 aromatic heterocycles. The van der Waals surface area contributed by atoms with E-state index in [0.717, 1.165) is 13.1 Å². The molecular weight excluding hydrogens is 328 g/mol. The standard InChI is InChI=1S/C21H26N2O3/c1-15-5-6-20(16(2)11-15)22-7-9-23(10-8-22)21(24)17-12-18(25-3)14-19(13-17)26-4/h5-6,11-14H,7-10H2,1-4H3. The van der Waals surface area contributed by atoms with Gasteiger partial charge < -0.3 is 19.3 Å². The Morgan fingerprint density at radius 3 is 2.04 bits per heavy atom. The summed E-state index contributed by atoms with van der Waals surface area (Å²) in [6.45, 7) is 7.31. The van der Waals surface area contributed by atoms with Gasteiger partial charge in [-0.1, -0.05) is 17.7 Å². The van der Waals surface area contributed by atoms with Crippen molar-refractivity contribution in [1.29, 1.82) is 0 Å². The van der Waals surface area contributed by atoms with E-state index in [1.807, 2.05) is 4.90 Å². The SMILES string of the molecule is COc1cc(OC)cc(C(=O)N2CCN(c3ccc(C)cc3C)CC2)c1. The number of nitrogens with zero attached hydrogens (tertiary/aromatic N) is 2. The second-order valence-electron chi connectivity index (χ2n) is 6.67. The summed E-state index contributed by atoms with van der Waals surface area (Å²) < 4.78 is 10.5. The molecule has 1 fully saturated rings. The molecule has 138 valence electrons. The Kier molecular flexibility index (Phi) is 5.35. The fraction of sp³-hybridized carbons (Fsp3) is 0.381. The first-order valence-electron chi connectivity index (χ1n) is 8.86. The van der Waals surface area contributed by atoms with Crippen LogP contribution in [0.2, 0.25) is 0 Å². The maximum atomic E-state index is 12.9. The van der Waals surface area contributed by atoms with E-state index >= 15 is 0 Å². The number of carbonyl (C=O) groups is 1. The number of piperazine rings is 1. The van der Waals surface area contributed by atoms with Crippen LogP contribution in [0.1, 0.15) is 21.5 Å². The number of hydrogen-bond donors (Lipinski definition) is 0. The van der Waals surface area contributed by atoms with E-state index in [2.05, 4.69) is 36.9 Å². The van der Waals surface area contributed by atoms with E-state index < -0.39 is 0 Å². The molecule has 26 heavy (non-hydrogen) atoms. The van der Waals surface area contributed by atoms with Gasteiger partial charge >= 0.3 is 0 Å². The first kappa shape index (κ1) is 18.1. The highest BCUT2D eigenvalue weighted by atomic mass is 16.5. The summed E-state index contributed by atoms with van der Waals surface area (Å²) in [4.78, 5) is 17.1. The van der Waals surface area contributed by atoms with E-state index in [-0.39, 0.29) is 5.91 Å². The highest BCUT2D eigenvalue weighted by Crippen LogP contribution is 2.25. The third kappa shape index (κ3) is 3.77. The van der Waals surface area contributed by atoms with Crippen molar-refractivity contribution in [2.45, 2.75) is 13.8 Å². The van der Waals surface area contributed by atoms with Gasteiger partial charge in [-0.2, -0.15) is 0 Å². The third-order valence-electron chi connectivity index (χ3n) is 4.86. The zero-order chi connectivity index (χ0) is 18.7. The van der Waals surface area contributed by atoms with Crippen LogP contribution >= 0.6 is 0 Å². The van der Waals surface area contributed by atoms with Gasteiger partial charge in [-0.15, -0.1) is 0 Å². The fourth-order valence-electron chi connectivity index (χ4n) is 3.42. The first-order valence-corrected chi connectivity index (χ1v) is 8.86. The van der Waals surface area contributed by atoms with Gasteiger partial charge in [0.15, 0.2) is 0 Å². The van der Waals surface area contributed by atoms with Crippen molar-refractivity contribution in [2.24, 2.45) is 0 Å². The van der Waals surface area contributed by atoms with Crippen LogP contribution in [0.5, 0.6) is 11.5 Å². The van der Waals surface area contributed by atoms with Gasteiger partial charge in [-0.3, -0.25) is 4.79 Å². The number of hydrogen-bond acceptors (Lipinski definition) is 4. The topological polar surface area (TPSA) is 42.0 Å². The fourth-order valence-corrected chi connectivity index (χ4v) is 3.42. The van der Waals surface area contributed by atoms with E-state index in [1.54, 1.807) is 32.4 Å². The maximum absolute atomic E-state index is 12.9. The van der Waals surface area contributed by atoms with E-state index in [1.165, 1.54) is 16.8 Å². The van der Waals surface area contributed by atoms with Gasteiger partial charge in [0.2, 0.25) is 0 Å². The Labute approximate surface area is 155 Å². The lowest BCUT2D eigenvalue weighted by molar-refractivity contribution is 0.0746. The molecule has 1 aliphatic heterocycles. The molecule has 0 aliphatic carbocycles. The molecule has 1 amide bonds. The number of amides is 1. The van der Waals surface area contributed by atoms with Crippen molar-refractivity contribution in [3.63, 3.8) is 0 Å². The number of anilines is 1. The minimum absolute atomic E-state index is 0.0162. The van der Waals surface area contributed by atoms with Gasteiger partial charge in [0.25, 0.3) is 5.91 Å². The lowest BCUT2D eigenvalue weighted by atomic mass is 10.1. The second kappa shape index (κ2) is 7.68. The normalized spacial score (nSPS) is 14.3. The number of rotatable bonds is 4. The van der Waals surface area contributed by atoms with Crippen molar-refractivity contribution in [1.82, 2.24) is 4.90 Å². The number of ether oxygens (including phenoxy) is 2. The van der Waals surface area contributed by atoms with E-state index in [4.69, 9.17) is 9.47 Å². The molecule has 1 aliphatic rings. The average Bonchev–Trinajstić information content (AvgIpc) is 2.67. The van der Waals surface area contributed by atoms with Crippen LogP contribution in [0.15, 0.2) is 36.4 Å². The number of aryl methyl sites for hydroxylation is 2. The summed E-state index contributed by atoms with van der Waals surface area (Å²) in [5.41, 5.74) is 4.40. The summed E-state index contributed by atoms with van der Waals surface area (Å²) >= 11 is 0. The smallest absolute Gasteiger partial charge is 0.254 e. The molecule has 2 aromatic rings. The molecule has 0 radical (unpaired) electrons. The van der Waals surface area contributed by atoms with E-state index in [9.17, 15) is 4.79 Å². The third-order valence-corrected chi connectivity index (χ3v) is 4.86. The molecule has 0 N–H and O–H groups in total. The maximum Gasteiger partial charge on any atom is 0.254 e. The molecule has 1 heterocycles. The molecular formula is C21H26N2O3. The molecule has 5 heteroatoms. The van der Waals surface area contributed by atoms with Crippen LogP contribution in [0.4, 0.5) is 5.69 Å². The lowest BCUT2D eigenvalue weighted by Gasteiger charge is -2.37. The molecule has 5 nitrogen and oxygen atoms in total. The van der Waals surface area contributed by atoms with Crippen molar-refractivity contribution in [3.8, 4) is 11.5 Å². The van der Waals surface area contributed by atoms with Gasteiger partial charge in [0, 0.05) is 43.5 Å². The van der Waals surface area contributed by atoms with Gasteiger partial charge in [-0.25, -0.2) is 0 Å². The highest BCUT2D eigenvalue weighted by Gasteiger charge is 2.23. The summed E-state index contributed by atoms with van der Waals surface area (Å²) in [7, 11) is 3.18.